The van der Waals surface area contributed by atoms with Crippen LogP contribution in [-0.2, 0) is 4.79 Å². The van der Waals surface area contributed by atoms with Gasteiger partial charge in [0, 0.05) is 24.7 Å². The van der Waals surface area contributed by atoms with E-state index >= 15 is 0 Å². The van der Waals surface area contributed by atoms with Crippen molar-refractivity contribution in [2.45, 2.75) is 32.3 Å². The normalized spacial score (nSPS) is 15.9. The molecule has 2 N–H and O–H groups in total. The lowest BCUT2D eigenvalue weighted by Gasteiger charge is -2.31. The van der Waals surface area contributed by atoms with Crippen LogP contribution < -0.4 is 10.1 Å². The SMILES string of the molecule is CC(C)(Oc1ccc(Cl)cc1)C(=O)NCC1CCN(C(=O)O)CC1. The Hall–Kier alpha value is -1.95. The minimum absolute atomic E-state index is 0.196. The van der Waals surface area contributed by atoms with Crippen LogP contribution in [0.1, 0.15) is 26.7 Å². The van der Waals surface area contributed by atoms with Gasteiger partial charge in [-0.15, -0.1) is 0 Å². The first-order chi connectivity index (χ1) is 11.3. The number of amides is 2. The van der Waals surface area contributed by atoms with Crippen molar-refractivity contribution in [1.82, 2.24) is 10.2 Å². The zero-order chi connectivity index (χ0) is 17.7. The molecule has 0 unspecified atom stereocenters. The first-order valence-corrected chi connectivity index (χ1v) is 8.36. The minimum atomic E-state index is -1.00. The molecule has 0 aliphatic carbocycles. The van der Waals surface area contributed by atoms with Crippen molar-refractivity contribution in [1.29, 1.82) is 0 Å². The molecule has 0 saturated carbocycles. The number of hydrogen-bond donors (Lipinski definition) is 2. The molecule has 2 amide bonds. The fraction of sp³-hybridized carbons (Fsp3) is 0.529. The highest BCUT2D eigenvalue weighted by atomic mass is 35.5. The van der Waals surface area contributed by atoms with Gasteiger partial charge >= 0.3 is 6.09 Å². The predicted octanol–water partition coefficient (Wildman–Crippen LogP) is 3.00. The van der Waals surface area contributed by atoms with E-state index < -0.39 is 11.7 Å². The van der Waals surface area contributed by atoms with Crippen LogP contribution in [0.3, 0.4) is 0 Å². The zero-order valence-electron chi connectivity index (χ0n) is 13.9. The summed E-state index contributed by atoms with van der Waals surface area (Å²) in [5.41, 5.74) is -1.00. The Balaban J connectivity index is 1.80. The fourth-order valence-corrected chi connectivity index (χ4v) is 2.75. The lowest BCUT2D eigenvalue weighted by molar-refractivity contribution is -0.134. The molecule has 1 aromatic rings. The van der Waals surface area contributed by atoms with E-state index in [1.54, 1.807) is 38.1 Å². The molecule has 24 heavy (non-hydrogen) atoms. The smallest absolute Gasteiger partial charge is 0.407 e. The van der Waals surface area contributed by atoms with E-state index in [0.29, 0.717) is 30.4 Å². The molecule has 2 rings (SSSR count). The van der Waals surface area contributed by atoms with Crippen molar-refractivity contribution < 1.29 is 19.4 Å². The van der Waals surface area contributed by atoms with E-state index in [-0.39, 0.29) is 11.8 Å². The maximum absolute atomic E-state index is 12.4. The molecule has 1 aliphatic rings. The number of carbonyl (C=O) groups excluding carboxylic acids is 1. The maximum atomic E-state index is 12.4. The number of piperidine rings is 1. The second kappa shape index (κ2) is 7.75. The molecule has 0 bridgehead atoms. The Labute approximate surface area is 146 Å². The standard InChI is InChI=1S/C17H23ClN2O4/c1-17(2,24-14-5-3-13(18)4-6-14)15(21)19-11-12-7-9-20(10-8-12)16(22)23/h3-6,12H,7-11H2,1-2H3,(H,19,21)(H,22,23). The van der Waals surface area contributed by atoms with Crippen LogP contribution in [0.15, 0.2) is 24.3 Å². The number of carbonyl (C=O) groups is 2. The van der Waals surface area contributed by atoms with E-state index in [1.807, 2.05) is 0 Å². The molecule has 0 atom stereocenters. The molecule has 132 valence electrons. The first-order valence-electron chi connectivity index (χ1n) is 7.98. The van der Waals surface area contributed by atoms with Gasteiger partial charge in [-0.2, -0.15) is 0 Å². The van der Waals surface area contributed by atoms with Crippen LogP contribution in [0.2, 0.25) is 5.02 Å². The molecule has 6 nitrogen and oxygen atoms in total. The summed E-state index contributed by atoms with van der Waals surface area (Å²) in [6, 6.07) is 6.86. The van der Waals surface area contributed by atoms with Crippen molar-refractivity contribution in [2.24, 2.45) is 5.92 Å². The predicted molar refractivity (Wildman–Crippen MR) is 91.5 cm³/mol. The highest BCUT2D eigenvalue weighted by molar-refractivity contribution is 6.30. The van der Waals surface area contributed by atoms with Crippen molar-refractivity contribution in [3.8, 4) is 5.75 Å². The molecule has 1 fully saturated rings. The number of hydrogen-bond acceptors (Lipinski definition) is 3. The van der Waals surface area contributed by atoms with Crippen LogP contribution in [0, 0.1) is 5.92 Å². The van der Waals surface area contributed by atoms with E-state index in [2.05, 4.69) is 5.32 Å². The number of benzene rings is 1. The first kappa shape index (κ1) is 18.4. The van der Waals surface area contributed by atoms with Crippen LogP contribution >= 0.6 is 11.6 Å². The molecule has 0 aromatic heterocycles. The fourth-order valence-electron chi connectivity index (χ4n) is 2.62. The number of nitrogens with zero attached hydrogens (tertiary/aromatic N) is 1. The molecule has 0 radical (unpaired) electrons. The van der Waals surface area contributed by atoms with Crippen molar-refractivity contribution in [3.63, 3.8) is 0 Å². The van der Waals surface area contributed by atoms with Gasteiger partial charge in [-0.05, 0) is 56.9 Å². The third-order valence-corrected chi connectivity index (χ3v) is 4.42. The maximum Gasteiger partial charge on any atom is 0.407 e. The zero-order valence-corrected chi connectivity index (χ0v) is 14.7. The van der Waals surface area contributed by atoms with E-state index in [9.17, 15) is 9.59 Å². The number of ether oxygens (including phenoxy) is 1. The summed E-state index contributed by atoms with van der Waals surface area (Å²) in [5.74, 6) is 0.670. The molecule has 1 aliphatic heterocycles. The summed E-state index contributed by atoms with van der Waals surface area (Å²) >= 11 is 5.84. The highest BCUT2D eigenvalue weighted by Crippen LogP contribution is 2.21. The summed E-state index contributed by atoms with van der Waals surface area (Å²) in [6.45, 7) is 4.98. The Morgan fingerprint density at radius 1 is 1.29 bits per heavy atom. The molecule has 1 heterocycles. The Morgan fingerprint density at radius 2 is 1.88 bits per heavy atom. The van der Waals surface area contributed by atoms with Gasteiger partial charge in [-0.25, -0.2) is 4.79 Å². The monoisotopic (exact) mass is 354 g/mol. The topological polar surface area (TPSA) is 78.9 Å². The number of halogens is 1. The Kier molecular flexibility index (Phi) is 5.94. The Morgan fingerprint density at radius 3 is 2.42 bits per heavy atom. The quantitative estimate of drug-likeness (QED) is 0.852. The Bertz CT molecular complexity index is 581. The summed E-state index contributed by atoms with van der Waals surface area (Å²) in [4.78, 5) is 24.7. The molecule has 1 saturated heterocycles. The van der Waals surface area contributed by atoms with Crippen molar-refractivity contribution in [3.05, 3.63) is 29.3 Å². The molecule has 0 spiro atoms. The van der Waals surface area contributed by atoms with E-state index in [1.165, 1.54) is 4.90 Å². The third kappa shape index (κ3) is 5.03. The van der Waals surface area contributed by atoms with Gasteiger partial charge in [0.1, 0.15) is 5.75 Å². The lowest BCUT2D eigenvalue weighted by Crippen LogP contribution is -2.49. The third-order valence-electron chi connectivity index (χ3n) is 4.17. The van der Waals surface area contributed by atoms with Gasteiger partial charge in [0.05, 0.1) is 0 Å². The van der Waals surface area contributed by atoms with E-state index in [4.69, 9.17) is 21.4 Å². The van der Waals surface area contributed by atoms with Gasteiger partial charge in [0.2, 0.25) is 0 Å². The molecular formula is C17H23ClN2O4. The summed E-state index contributed by atoms with van der Waals surface area (Å²) in [5, 5.41) is 12.5. The number of carboxylic acid groups (broad SMARTS) is 1. The van der Waals surface area contributed by atoms with Crippen LogP contribution in [-0.4, -0.2) is 47.2 Å². The minimum Gasteiger partial charge on any atom is -0.478 e. The van der Waals surface area contributed by atoms with Gasteiger partial charge in [0.15, 0.2) is 5.60 Å². The van der Waals surface area contributed by atoms with Crippen molar-refractivity contribution >= 4 is 23.6 Å². The highest BCUT2D eigenvalue weighted by Gasteiger charge is 2.31. The second-order valence-corrected chi connectivity index (χ2v) is 6.93. The number of likely N-dealkylation sites (tertiary alicyclic amines) is 1. The van der Waals surface area contributed by atoms with Gasteiger partial charge < -0.3 is 20.1 Å². The largest absolute Gasteiger partial charge is 0.478 e. The van der Waals surface area contributed by atoms with Gasteiger partial charge in [-0.1, -0.05) is 11.6 Å². The van der Waals surface area contributed by atoms with Crippen LogP contribution in [0.5, 0.6) is 5.75 Å². The van der Waals surface area contributed by atoms with Crippen molar-refractivity contribution in [2.75, 3.05) is 19.6 Å². The van der Waals surface area contributed by atoms with Gasteiger partial charge in [0.25, 0.3) is 5.91 Å². The molecular weight excluding hydrogens is 332 g/mol. The summed E-state index contributed by atoms with van der Waals surface area (Å²) in [6.07, 6.45) is 0.630. The average Bonchev–Trinajstić information content (AvgIpc) is 2.55. The van der Waals surface area contributed by atoms with Gasteiger partial charge in [-0.3, -0.25) is 4.79 Å². The molecule has 1 aromatic carbocycles. The number of nitrogens with one attached hydrogen (secondary N) is 1. The average molecular weight is 355 g/mol. The second-order valence-electron chi connectivity index (χ2n) is 6.49. The van der Waals surface area contributed by atoms with Crippen LogP contribution in [0.4, 0.5) is 4.79 Å². The lowest BCUT2D eigenvalue weighted by atomic mass is 9.96. The molecule has 7 heteroatoms. The summed E-state index contributed by atoms with van der Waals surface area (Å²) < 4.78 is 5.75. The number of rotatable bonds is 5. The van der Waals surface area contributed by atoms with Crippen LogP contribution in [0.25, 0.3) is 0 Å². The van der Waals surface area contributed by atoms with E-state index in [0.717, 1.165) is 12.8 Å². The summed E-state index contributed by atoms with van der Waals surface area (Å²) in [7, 11) is 0.